The third kappa shape index (κ3) is 10.7. The molecule has 6 heterocycles. The number of rotatable bonds is 32. The molecule has 0 aromatic carbocycles. The van der Waals surface area contributed by atoms with Crippen molar-refractivity contribution in [1.82, 2.24) is 4.90 Å². The van der Waals surface area contributed by atoms with Crippen LogP contribution in [0.2, 0.25) is 0 Å². The SMILES string of the molecule is CCCCC(CC)CN1C(=O)c2c(-c3cc4c(s3)-c3sccc3C4(CC(CC)CCCC)CC(CC)CCCC)sc(-c3cc4c(s3)-c3sccc3C4(CC(CC)CCCC)CC(CC)CCCC)c2C1=O. The molecule has 72 heavy (non-hydrogen) atoms. The molecular weight excluding hydrogens is 975 g/mol. The lowest BCUT2D eigenvalue weighted by atomic mass is 9.65. The minimum Gasteiger partial charge on any atom is -0.274 e. The quantitative estimate of drug-likeness (QED) is 0.0403. The van der Waals surface area contributed by atoms with Crippen LogP contribution in [0.4, 0.5) is 0 Å². The molecule has 2 amide bonds. The van der Waals surface area contributed by atoms with Gasteiger partial charge in [-0.25, -0.2) is 0 Å². The second-order valence-electron chi connectivity index (χ2n) is 22.8. The first-order valence-corrected chi connectivity index (χ1v) is 33.7. The highest BCUT2D eigenvalue weighted by Gasteiger charge is 2.51. The van der Waals surface area contributed by atoms with E-state index >= 15 is 9.59 Å². The van der Waals surface area contributed by atoms with Gasteiger partial charge in [0.05, 0.1) is 20.9 Å². The van der Waals surface area contributed by atoms with Gasteiger partial charge in [-0.05, 0) is 119 Å². The highest BCUT2D eigenvalue weighted by Crippen LogP contribution is 2.65. The number of thiophene rings is 5. The van der Waals surface area contributed by atoms with Crippen molar-refractivity contribution >= 4 is 68.5 Å². The molecule has 0 spiro atoms. The second kappa shape index (κ2) is 25.2. The average molecular weight is 1070 g/mol. The predicted molar refractivity (Wildman–Crippen MR) is 319 cm³/mol. The number of carbonyl (C=O) groups excluding carboxylic acids is 2. The van der Waals surface area contributed by atoms with Crippen LogP contribution in [0.3, 0.4) is 0 Å². The molecule has 8 heteroatoms. The van der Waals surface area contributed by atoms with Gasteiger partial charge in [0.15, 0.2) is 0 Å². The number of carbonyl (C=O) groups is 2. The van der Waals surface area contributed by atoms with Gasteiger partial charge < -0.3 is 0 Å². The molecular formula is C64H91NO2S5. The van der Waals surface area contributed by atoms with Crippen molar-refractivity contribution in [3.05, 3.63) is 68.4 Å². The molecule has 5 aromatic rings. The lowest BCUT2D eigenvalue weighted by Gasteiger charge is -2.37. The van der Waals surface area contributed by atoms with Gasteiger partial charge in [0.2, 0.25) is 0 Å². The molecule has 0 N–H and O–H groups in total. The van der Waals surface area contributed by atoms with Crippen LogP contribution >= 0.6 is 56.7 Å². The molecule has 3 aliphatic rings. The number of nitrogens with zero attached hydrogens (tertiary/aromatic N) is 1. The molecule has 0 saturated carbocycles. The summed E-state index contributed by atoms with van der Waals surface area (Å²) < 4.78 is 0. The standard InChI is InChI=1S/C64H91NO2S5/c1-11-21-26-42(16-6)37-63(38-43(17-7)27-22-12-2)47-31-33-68-55(47)57-49(63)35-51(70-57)59-53-54(62(67)65(61(53)66)41-46(20-10)30-25-15-5)60(72-59)52-36-50-58(71-52)56-48(32-34-69-56)64(50,39-44(18-8)28-23-13-3)40-45(19-9)29-24-14-4/h31-36,42-46H,11-30,37-41H2,1-10H3. The lowest BCUT2D eigenvalue weighted by Crippen LogP contribution is -2.34. The Kier molecular flexibility index (Phi) is 19.5. The maximum Gasteiger partial charge on any atom is 0.263 e. The Bertz CT molecular complexity index is 2360. The smallest absolute Gasteiger partial charge is 0.263 e. The van der Waals surface area contributed by atoms with Crippen molar-refractivity contribution in [2.75, 3.05) is 6.54 Å². The zero-order chi connectivity index (χ0) is 51.2. The molecule has 5 aromatic heterocycles. The van der Waals surface area contributed by atoms with Crippen LogP contribution in [0.25, 0.3) is 39.0 Å². The number of amides is 2. The molecule has 8 rings (SSSR count). The normalized spacial score (nSPS) is 19.9. The van der Waals surface area contributed by atoms with Crippen LogP contribution in [0.1, 0.15) is 266 Å². The summed E-state index contributed by atoms with van der Waals surface area (Å²) >= 11 is 9.49. The highest BCUT2D eigenvalue weighted by atomic mass is 32.1. The van der Waals surface area contributed by atoms with E-state index < -0.39 is 0 Å². The summed E-state index contributed by atoms with van der Waals surface area (Å²) in [6, 6.07) is 10.1. The van der Waals surface area contributed by atoms with Gasteiger partial charge in [-0.3, -0.25) is 14.5 Å². The van der Waals surface area contributed by atoms with Crippen molar-refractivity contribution in [2.45, 2.75) is 234 Å². The van der Waals surface area contributed by atoms with E-state index in [4.69, 9.17) is 0 Å². The van der Waals surface area contributed by atoms with E-state index in [9.17, 15) is 0 Å². The van der Waals surface area contributed by atoms with E-state index in [0.717, 1.165) is 35.4 Å². The number of hydrogen-bond acceptors (Lipinski definition) is 7. The minimum absolute atomic E-state index is 0.0394. The lowest BCUT2D eigenvalue weighted by molar-refractivity contribution is 0.0624. The van der Waals surface area contributed by atoms with Crippen molar-refractivity contribution in [1.29, 1.82) is 0 Å². The maximum atomic E-state index is 15.4. The number of hydrogen-bond donors (Lipinski definition) is 0. The van der Waals surface area contributed by atoms with Gasteiger partial charge in [-0.1, -0.05) is 191 Å². The minimum atomic E-state index is -0.0577. The van der Waals surface area contributed by atoms with E-state index in [-0.39, 0.29) is 22.6 Å². The molecule has 3 nitrogen and oxygen atoms in total. The summed E-state index contributed by atoms with van der Waals surface area (Å²) in [5, 5.41) is 4.72. The summed E-state index contributed by atoms with van der Waals surface area (Å²) in [4.78, 5) is 42.7. The molecule has 0 saturated heterocycles. The van der Waals surface area contributed by atoms with E-state index in [1.807, 2.05) is 45.3 Å². The highest BCUT2D eigenvalue weighted by molar-refractivity contribution is 7.30. The van der Waals surface area contributed by atoms with Crippen LogP contribution in [0, 0.1) is 29.6 Å². The van der Waals surface area contributed by atoms with Gasteiger partial charge in [-0.2, -0.15) is 0 Å². The number of fused-ring (bicyclic) bond motifs is 7. The van der Waals surface area contributed by atoms with Crippen LogP contribution in [0.5, 0.6) is 0 Å². The molecule has 0 radical (unpaired) electrons. The van der Waals surface area contributed by atoms with Crippen molar-refractivity contribution in [3.8, 4) is 39.0 Å². The Morgan fingerprint density at radius 3 is 1.07 bits per heavy atom. The summed E-state index contributed by atoms with van der Waals surface area (Å²) in [5.74, 6) is 2.84. The first-order valence-electron chi connectivity index (χ1n) is 29.5. The molecule has 5 atom stereocenters. The first kappa shape index (κ1) is 55.9. The Balaban J connectivity index is 1.31. The Morgan fingerprint density at radius 2 is 0.750 bits per heavy atom. The van der Waals surface area contributed by atoms with Crippen molar-refractivity contribution in [2.24, 2.45) is 29.6 Å². The van der Waals surface area contributed by atoms with Crippen molar-refractivity contribution in [3.63, 3.8) is 0 Å². The Labute approximate surface area is 457 Å². The number of imide groups is 1. The second-order valence-corrected chi connectivity index (χ2v) is 27.8. The van der Waals surface area contributed by atoms with Crippen LogP contribution in [-0.2, 0) is 10.8 Å². The maximum absolute atomic E-state index is 15.4. The van der Waals surface area contributed by atoms with Gasteiger partial charge >= 0.3 is 0 Å². The predicted octanol–water partition coefficient (Wildman–Crippen LogP) is 22.1. The summed E-state index contributed by atoms with van der Waals surface area (Å²) in [6.07, 6.45) is 29.1. The molecule has 0 bridgehead atoms. The van der Waals surface area contributed by atoms with Gasteiger partial charge in [0, 0.05) is 46.6 Å². The summed E-state index contributed by atoms with van der Waals surface area (Å²) in [5.41, 5.74) is 7.49. The fraction of sp³-hybridized carbons (Fsp3) is 0.656. The first-order chi connectivity index (χ1) is 35.0. The van der Waals surface area contributed by atoms with Crippen molar-refractivity contribution < 1.29 is 9.59 Å². The molecule has 2 aliphatic carbocycles. The van der Waals surface area contributed by atoms with Crippen LogP contribution in [0.15, 0.2) is 35.0 Å². The van der Waals surface area contributed by atoms with E-state index in [2.05, 4.69) is 104 Å². The summed E-state index contributed by atoms with van der Waals surface area (Å²) in [7, 11) is 0. The molecule has 394 valence electrons. The van der Waals surface area contributed by atoms with E-state index in [1.165, 1.54) is 169 Å². The molecule has 0 fully saturated rings. The molecule has 5 unspecified atom stereocenters. The largest absolute Gasteiger partial charge is 0.274 e. The average Bonchev–Trinajstić information content (AvgIpc) is 4.27. The topological polar surface area (TPSA) is 37.4 Å². The zero-order valence-electron chi connectivity index (χ0n) is 46.3. The zero-order valence-corrected chi connectivity index (χ0v) is 50.4. The fourth-order valence-electron chi connectivity index (χ4n) is 13.7. The Hall–Kier alpha value is -2.36. The number of unbranched alkanes of at least 4 members (excludes halogenated alkanes) is 5. The molecule has 1 aliphatic heterocycles. The summed E-state index contributed by atoms with van der Waals surface area (Å²) in [6.45, 7) is 24.1. The van der Waals surface area contributed by atoms with Gasteiger partial charge in [0.25, 0.3) is 11.8 Å². The van der Waals surface area contributed by atoms with E-state index in [1.54, 1.807) is 27.4 Å². The Morgan fingerprint density at radius 1 is 0.417 bits per heavy atom. The third-order valence-corrected chi connectivity index (χ3v) is 24.2. The third-order valence-electron chi connectivity index (χ3n) is 18.2. The fourth-order valence-corrected chi connectivity index (χ4v) is 20.1. The van der Waals surface area contributed by atoms with E-state index in [0.29, 0.717) is 47.3 Å². The van der Waals surface area contributed by atoms with Crippen LogP contribution < -0.4 is 0 Å². The van der Waals surface area contributed by atoms with Gasteiger partial charge in [0.1, 0.15) is 0 Å². The van der Waals surface area contributed by atoms with Crippen LogP contribution in [-0.4, -0.2) is 23.3 Å². The monoisotopic (exact) mass is 1070 g/mol. The van der Waals surface area contributed by atoms with Gasteiger partial charge in [-0.15, -0.1) is 56.7 Å².